The summed E-state index contributed by atoms with van der Waals surface area (Å²) in [6, 6.07) is 10.2. The second-order valence-electron chi connectivity index (χ2n) is 4.76. The Balaban J connectivity index is 2.08. The van der Waals surface area contributed by atoms with E-state index in [1.807, 2.05) is 19.1 Å². The average Bonchev–Trinajstić information content (AvgIpc) is 2.62. The fourth-order valence-electron chi connectivity index (χ4n) is 2.18. The first-order valence-corrected chi connectivity index (χ1v) is 6.40. The Morgan fingerprint density at radius 2 is 1.90 bits per heavy atom. The molecule has 1 N–H and O–H groups in total. The van der Waals surface area contributed by atoms with Crippen LogP contribution in [0.3, 0.4) is 0 Å². The molecule has 0 atom stereocenters. The van der Waals surface area contributed by atoms with Gasteiger partial charge in [0.05, 0.1) is 23.9 Å². The van der Waals surface area contributed by atoms with Gasteiger partial charge in [-0.15, -0.1) is 0 Å². The summed E-state index contributed by atoms with van der Waals surface area (Å²) in [6.07, 6.45) is 0. The minimum absolute atomic E-state index is 0.298. The van der Waals surface area contributed by atoms with E-state index in [0.29, 0.717) is 28.3 Å². The van der Waals surface area contributed by atoms with Crippen LogP contribution in [0.15, 0.2) is 36.4 Å². The number of aryl methyl sites for hydroxylation is 1. The van der Waals surface area contributed by atoms with E-state index in [0.717, 1.165) is 5.56 Å². The molecule has 21 heavy (non-hydrogen) atoms. The molecular formula is C16H13NO4. The molecule has 0 unspecified atom stereocenters. The van der Waals surface area contributed by atoms with Crippen molar-refractivity contribution in [2.24, 2.45) is 0 Å². The van der Waals surface area contributed by atoms with E-state index in [2.05, 4.69) is 10.1 Å². The number of amides is 1. The van der Waals surface area contributed by atoms with Gasteiger partial charge in [0, 0.05) is 0 Å². The van der Waals surface area contributed by atoms with Crippen LogP contribution in [-0.4, -0.2) is 19.0 Å². The second-order valence-corrected chi connectivity index (χ2v) is 4.76. The predicted octanol–water partition coefficient (Wildman–Crippen LogP) is 3.14. The van der Waals surface area contributed by atoms with Crippen molar-refractivity contribution < 1.29 is 19.1 Å². The lowest BCUT2D eigenvalue weighted by atomic mass is 10.1. The van der Waals surface area contributed by atoms with E-state index >= 15 is 0 Å². The zero-order chi connectivity index (χ0) is 15.0. The van der Waals surface area contributed by atoms with Crippen LogP contribution in [-0.2, 0) is 4.74 Å². The van der Waals surface area contributed by atoms with Crippen LogP contribution in [0.4, 0.5) is 5.69 Å². The fourth-order valence-corrected chi connectivity index (χ4v) is 2.18. The molecule has 1 amide bonds. The number of anilines is 1. The number of carbonyl (C=O) groups excluding carboxylic acids is 2. The van der Waals surface area contributed by atoms with Crippen molar-refractivity contribution in [2.75, 3.05) is 12.4 Å². The quantitative estimate of drug-likeness (QED) is 0.817. The highest BCUT2D eigenvalue weighted by Crippen LogP contribution is 2.36. The summed E-state index contributed by atoms with van der Waals surface area (Å²) in [7, 11) is 1.29. The Labute approximate surface area is 121 Å². The van der Waals surface area contributed by atoms with Gasteiger partial charge in [-0.3, -0.25) is 4.79 Å². The molecule has 1 aliphatic heterocycles. The van der Waals surface area contributed by atoms with Gasteiger partial charge in [-0.2, -0.15) is 0 Å². The molecule has 5 nitrogen and oxygen atoms in total. The van der Waals surface area contributed by atoms with Crippen LogP contribution in [0.5, 0.6) is 11.5 Å². The Morgan fingerprint density at radius 1 is 1.14 bits per heavy atom. The average molecular weight is 283 g/mol. The molecule has 0 aromatic heterocycles. The summed E-state index contributed by atoms with van der Waals surface area (Å²) < 4.78 is 10.4. The predicted molar refractivity (Wildman–Crippen MR) is 77.0 cm³/mol. The van der Waals surface area contributed by atoms with Crippen molar-refractivity contribution in [1.82, 2.24) is 0 Å². The number of fused-ring (bicyclic) bond motifs is 2. The SMILES string of the molecule is COC(=O)c1ccc2c(c1)C(=O)Nc1cc(C)ccc1O2. The zero-order valence-electron chi connectivity index (χ0n) is 11.6. The maximum atomic E-state index is 12.3. The largest absolute Gasteiger partial charge is 0.465 e. The minimum Gasteiger partial charge on any atom is -0.465 e. The molecular weight excluding hydrogens is 270 g/mol. The Kier molecular flexibility index (Phi) is 3.10. The summed E-state index contributed by atoms with van der Waals surface area (Å²) >= 11 is 0. The van der Waals surface area contributed by atoms with Gasteiger partial charge in [0.2, 0.25) is 0 Å². The molecule has 0 spiro atoms. The second kappa shape index (κ2) is 4.94. The summed E-state index contributed by atoms with van der Waals surface area (Å²) in [5.41, 5.74) is 2.22. The van der Waals surface area contributed by atoms with Crippen LogP contribution >= 0.6 is 0 Å². The van der Waals surface area contributed by atoms with Gasteiger partial charge in [-0.05, 0) is 42.8 Å². The molecule has 0 aliphatic carbocycles. The molecule has 2 aromatic rings. The van der Waals surface area contributed by atoms with Gasteiger partial charge >= 0.3 is 5.97 Å². The van der Waals surface area contributed by atoms with Crippen LogP contribution in [0, 0.1) is 6.92 Å². The number of hydrogen-bond acceptors (Lipinski definition) is 4. The topological polar surface area (TPSA) is 64.6 Å². The van der Waals surface area contributed by atoms with Crippen molar-refractivity contribution in [2.45, 2.75) is 6.92 Å². The first-order valence-electron chi connectivity index (χ1n) is 6.40. The number of esters is 1. The van der Waals surface area contributed by atoms with Crippen LogP contribution in [0.25, 0.3) is 0 Å². The lowest BCUT2D eigenvalue weighted by Gasteiger charge is -2.08. The number of methoxy groups -OCH3 is 1. The summed E-state index contributed by atoms with van der Waals surface area (Å²) in [5.74, 6) is 0.157. The molecule has 2 aromatic carbocycles. The summed E-state index contributed by atoms with van der Waals surface area (Å²) in [5, 5.41) is 2.79. The van der Waals surface area contributed by atoms with Crippen molar-refractivity contribution in [3.05, 3.63) is 53.1 Å². The van der Waals surface area contributed by atoms with E-state index in [4.69, 9.17) is 4.74 Å². The molecule has 0 radical (unpaired) electrons. The number of benzene rings is 2. The molecule has 0 bridgehead atoms. The third-order valence-electron chi connectivity index (χ3n) is 3.25. The molecule has 106 valence electrons. The first-order chi connectivity index (χ1) is 10.1. The molecule has 3 rings (SSSR count). The van der Waals surface area contributed by atoms with Crippen molar-refractivity contribution in [3.8, 4) is 11.5 Å². The van der Waals surface area contributed by atoms with Crippen molar-refractivity contribution in [3.63, 3.8) is 0 Å². The van der Waals surface area contributed by atoms with Crippen molar-refractivity contribution >= 4 is 17.6 Å². The first kappa shape index (κ1) is 13.2. The van der Waals surface area contributed by atoms with E-state index in [9.17, 15) is 9.59 Å². The maximum absolute atomic E-state index is 12.3. The lowest BCUT2D eigenvalue weighted by Crippen LogP contribution is -2.12. The molecule has 0 saturated heterocycles. The van der Waals surface area contributed by atoms with E-state index < -0.39 is 5.97 Å². The molecule has 5 heteroatoms. The van der Waals surface area contributed by atoms with Gasteiger partial charge < -0.3 is 14.8 Å². The fraction of sp³-hybridized carbons (Fsp3) is 0.125. The van der Waals surface area contributed by atoms with Crippen LogP contribution < -0.4 is 10.1 Å². The molecule has 1 aliphatic rings. The van der Waals surface area contributed by atoms with Crippen LogP contribution in [0.2, 0.25) is 0 Å². The van der Waals surface area contributed by atoms with E-state index in [1.165, 1.54) is 13.2 Å². The smallest absolute Gasteiger partial charge is 0.337 e. The van der Waals surface area contributed by atoms with Gasteiger partial charge in [-0.25, -0.2) is 4.79 Å². The van der Waals surface area contributed by atoms with Gasteiger partial charge in [0.1, 0.15) is 5.75 Å². The highest BCUT2D eigenvalue weighted by atomic mass is 16.5. The molecule has 0 saturated carbocycles. The Bertz CT molecular complexity index is 752. The highest BCUT2D eigenvalue weighted by Gasteiger charge is 2.22. The Hall–Kier alpha value is -2.82. The number of nitrogens with one attached hydrogen (secondary N) is 1. The van der Waals surface area contributed by atoms with E-state index in [1.54, 1.807) is 18.2 Å². The Morgan fingerprint density at radius 3 is 2.67 bits per heavy atom. The summed E-state index contributed by atoms with van der Waals surface area (Å²) in [6.45, 7) is 1.93. The standard InChI is InChI=1S/C16H13NO4/c1-9-3-5-14-12(7-9)17-15(18)11-8-10(16(19)20-2)4-6-13(11)21-14/h3-8H,1-2H3,(H,17,18). The number of rotatable bonds is 1. The molecule has 0 fully saturated rings. The minimum atomic E-state index is -0.497. The number of ether oxygens (including phenoxy) is 2. The zero-order valence-corrected chi connectivity index (χ0v) is 11.6. The third kappa shape index (κ3) is 2.33. The van der Waals surface area contributed by atoms with E-state index in [-0.39, 0.29) is 5.91 Å². The lowest BCUT2D eigenvalue weighted by molar-refractivity contribution is 0.0600. The number of hydrogen-bond donors (Lipinski definition) is 1. The maximum Gasteiger partial charge on any atom is 0.337 e. The van der Waals surface area contributed by atoms with Crippen molar-refractivity contribution in [1.29, 1.82) is 0 Å². The number of carbonyl (C=O) groups is 2. The van der Waals surface area contributed by atoms with Gasteiger partial charge in [0.25, 0.3) is 5.91 Å². The normalized spacial score (nSPS) is 12.4. The molecule has 1 heterocycles. The summed E-state index contributed by atoms with van der Waals surface area (Å²) in [4.78, 5) is 23.9. The van der Waals surface area contributed by atoms with Gasteiger partial charge in [-0.1, -0.05) is 6.07 Å². The highest BCUT2D eigenvalue weighted by molar-refractivity contribution is 6.09. The van der Waals surface area contributed by atoms with Gasteiger partial charge in [0.15, 0.2) is 5.75 Å². The third-order valence-corrected chi connectivity index (χ3v) is 3.25. The van der Waals surface area contributed by atoms with Crippen LogP contribution in [0.1, 0.15) is 26.3 Å². The monoisotopic (exact) mass is 283 g/mol.